The van der Waals surface area contributed by atoms with Crippen molar-refractivity contribution in [3.05, 3.63) is 12.2 Å². The molecule has 20 heavy (non-hydrogen) atoms. The topological polar surface area (TPSA) is 66.4 Å². The van der Waals surface area contributed by atoms with Gasteiger partial charge in [0.2, 0.25) is 5.91 Å². The maximum Gasteiger partial charge on any atom is 0.217 e. The van der Waals surface area contributed by atoms with Crippen molar-refractivity contribution in [2.45, 2.75) is 65.0 Å². The van der Waals surface area contributed by atoms with E-state index in [2.05, 4.69) is 17.2 Å². The van der Waals surface area contributed by atoms with E-state index in [1.807, 2.05) is 6.92 Å². The zero-order valence-corrected chi connectivity index (χ0v) is 12.8. The van der Waals surface area contributed by atoms with E-state index in [-0.39, 0.29) is 11.7 Å². The van der Waals surface area contributed by atoms with Crippen LogP contribution in [0.1, 0.15) is 53.4 Å². The lowest BCUT2D eigenvalue weighted by Crippen LogP contribution is -2.37. The summed E-state index contributed by atoms with van der Waals surface area (Å²) in [6.07, 6.45) is 6.05. The SMILES string of the molecule is CCC#CCCCC(C)(O)/C=C/[C@H](NC(C)=O)C(C)=O. The Bertz CT molecular complexity index is 413. The molecular weight excluding hydrogens is 254 g/mol. The monoisotopic (exact) mass is 279 g/mol. The Kier molecular flexibility index (Phi) is 8.58. The minimum Gasteiger partial charge on any atom is -0.386 e. The number of rotatable bonds is 7. The molecule has 0 fully saturated rings. The number of hydrogen-bond acceptors (Lipinski definition) is 3. The number of hydrogen-bond donors (Lipinski definition) is 2. The van der Waals surface area contributed by atoms with Gasteiger partial charge in [0.05, 0.1) is 5.60 Å². The Morgan fingerprint density at radius 2 is 2.00 bits per heavy atom. The van der Waals surface area contributed by atoms with Crippen LogP contribution in [0.2, 0.25) is 0 Å². The van der Waals surface area contributed by atoms with Gasteiger partial charge in [-0.15, -0.1) is 11.8 Å². The molecule has 0 aromatic heterocycles. The average molecular weight is 279 g/mol. The Labute approximate surface area is 121 Å². The third kappa shape index (κ3) is 9.35. The zero-order valence-electron chi connectivity index (χ0n) is 12.8. The lowest BCUT2D eigenvalue weighted by Gasteiger charge is -2.19. The molecule has 0 bridgehead atoms. The standard InChI is InChI=1S/C16H25NO3/c1-5-6-7-8-9-11-16(4,20)12-10-15(13(2)18)17-14(3)19/h10,12,15,20H,5,8-9,11H2,1-4H3,(H,17,19)/b12-10+/t15-,16?/m0/s1. The molecule has 1 amide bonds. The van der Waals surface area contributed by atoms with Gasteiger partial charge in [0.25, 0.3) is 0 Å². The summed E-state index contributed by atoms with van der Waals surface area (Å²) in [6.45, 7) is 6.44. The number of carbonyl (C=O) groups excluding carboxylic acids is 2. The molecule has 0 saturated carbocycles. The number of Topliss-reactive ketones (excluding diaryl/α,β-unsaturated/α-hetero) is 1. The largest absolute Gasteiger partial charge is 0.386 e. The van der Waals surface area contributed by atoms with Gasteiger partial charge in [-0.1, -0.05) is 19.1 Å². The van der Waals surface area contributed by atoms with Crippen molar-refractivity contribution in [3.63, 3.8) is 0 Å². The summed E-state index contributed by atoms with van der Waals surface area (Å²) >= 11 is 0. The van der Waals surface area contributed by atoms with Crippen LogP contribution in [-0.4, -0.2) is 28.4 Å². The van der Waals surface area contributed by atoms with E-state index < -0.39 is 11.6 Å². The van der Waals surface area contributed by atoms with Crippen LogP contribution in [0.3, 0.4) is 0 Å². The van der Waals surface area contributed by atoms with Crippen molar-refractivity contribution in [2.24, 2.45) is 0 Å². The lowest BCUT2D eigenvalue weighted by atomic mass is 9.97. The molecule has 0 saturated heterocycles. The molecule has 0 aliphatic rings. The summed E-state index contributed by atoms with van der Waals surface area (Å²) in [5.74, 6) is 5.56. The van der Waals surface area contributed by atoms with Gasteiger partial charge in [0, 0.05) is 19.8 Å². The molecule has 0 rings (SSSR count). The maximum atomic E-state index is 11.4. The summed E-state index contributed by atoms with van der Waals surface area (Å²) in [4.78, 5) is 22.3. The van der Waals surface area contributed by atoms with Crippen LogP contribution in [0.15, 0.2) is 12.2 Å². The van der Waals surface area contributed by atoms with Crippen molar-refractivity contribution < 1.29 is 14.7 Å². The van der Waals surface area contributed by atoms with Crippen LogP contribution in [0, 0.1) is 11.8 Å². The number of ketones is 1. The average Bonchev–Trinajstić information content (AvgIpc) is 2.33. The van der Waals surface area contributed by atoms with Crippen molar-refractivity contribution in [2.75, 3.05) is 0 Å². The Morgan fingerprint density at radius 1 is 1.35 bits per heavy atom. The van der Waals surface area contributed by atoms with Gasteiger partial charge in [-0.2, -0.15) is 0 Å². The van der Waals surface area contributed by atoms with E-state index in [4.69, 9.17) is 0 Å². The predicted molar refractivity (Wildman–Crippen MR) is 80.0 cm³/mol. The van der Waals surface area contributed by atoms with E-state index in [9.17, 15) is 14.7 Å². The minimum atomic E-state index is -1.000. The first-order valence-electron chi connectivity index (χ1n) is 6.93. The first kappa shape index (κ1) is 18.4. The van der Waals surface area contributed by atoms with Crippen LogP contribution in [0.5, 0.6) is 0 Å². The predicted octanol–water partition coefficient (Wildman–Crippen LogP) is 1.97. The number of nitrogens with one attached hydrogen (secondary N) is 1. The molecule has 0 aromatic rings. The molecule has 0 aromatic carbocycles. The van der Waals surface area contributed by atoms with Gasteiger partial charge >= 0.3 is 0 Å². The Hall–Kier alpha value is -1.60. The van der Waals surface area contributed by atoms with Crippen LogP contribution in [0.4, 0.5) is 0 Å². The van der Waals surface area contributed by atoms with Gasteiger partial charge < -0.3 is 10.4 Å². The molecule has 0 spiro atoms. The summed E-state index contributed by atoms with van der Waals surface area (Å²) in [5, 5.41) is 12.7. The molecular formula is C16H25NO3. The molecule has 4 nitrogen and oxygen atoms in total. The highest BCUT2D eigenvalue weighted by Crippen LogP contribution is 2.15. The van der Waals surface area contributed by atoms with Crippen LogP contribution >= 0.6 is 0 Å². The fourth-order valence-corrected chi connectivity index (χ4v) is 1.64. The third-order valence-electron chi connectivity index (χ3n) is 2.73. The summed E-state index contributed by atoms with van der Waals surface area (Å²) in [7, 11) is 0. The van der Waals surface area contributed by atoms with Crippen LogP contribution in [-0.2, 0) is 9.59 Å². The molecule has 1 unspecified atom stereocenters. The highest BCUT2D eigenvalue weighted by molar-refractivity contribution is 5.88. The van der Waals surface area contributed by atoms with E-state index in [1.165, 1.54) is 13.8 Å². The number of amides is 1. The maximum absolute atomic E-state index is 11.4. The first-order chi connectivity index (χ1) is 9.28. The number of carbonyl (C=O) groups is 2. The molecule has 2 N–H and O–H groups in total. The molecule has 0 aliphatic carbocycles. The van der Waals surface area contributed by atoms with E-state index >= 15 is 0 Å². The van der Waals surface area contributed by atoms with Gasteiger partial charge in [-0.05, 0) is 26.7 Å². The van der Waals surface area contributed by atoms with Crippen molar-refractivity contribution in [1.82, 2.24) is 5.32 Å². The smallest absolute Gasteiger partial charge is 0.217 e. The highest BCUT2D eigenvalue weighted by atomic mass is 16.3. The van der Waals surface area contributed by atoms with Crippen molar-refractivity contribution >= 4 is 11.7 Å². The van der Waals surface area contributed by atoms with Gasteiger partial charge in [-0.3, -0.25) is 9.59 Å². The van der Waals surface area contributed by atoms with Crippen molar-refractivity contribution in [1.29, 1.82) is 0 Å². The van der Waals surface area contributed by atoms with Gasteiger partial charge in [0.1, 0.15) is 6.04 Å². The second kappa shape index (κ2) is 9.33. The van der Waals surface area contributed by atoms with Gasteiger partial charge in [0.15, 0.2) is 5.78 Å². The normalized spacial score (nSPS) is 15.1. The van der Waals surface area contributed by atoms with E-state index in [0.717, 1.165) is 19.3 Å². The van der Waals surface area contributed by atoms with Crippen LogP contribution < -0.4 is 5.32 Å². The third-order valence-corrected chi connectivity index (χ3v) is 2.73. The van der Waals surface area contributed by atoms with Crippen LogP contribution in [0.25, 0.3) is 0 Å². The highest BCUT2D eigenvalue weighted by Gasteiger charge is 2.18. The number of aliphatic hydroxyl groups is 1. The van der Waals surface area contributed by atoms with Gasteiger partial charge in [-0.25, -0.2) is 0 Å². The summed E-state index contributed by atoms with van der Waals surface area (Å²) < 4.78 is 0. The summed E-state index contributed by atoms with van der Waals surface area (Å²) in [6, 6.07) is -0.682. The van der Waals surface area contributed by atoms with Crippen molar-refractivity contribution in [3.8, 4) is 11.8 Å². The Balaban J connectivity index is 4.42. The summed E-state index contributed by atoms with van der Waals surface area (Å²) in [5.41, 5.74) is -1.000. The Morgan fingerprint density at radius 3 is 2.50 bits per heavy atom. The molecule has 2 atom stereocenters. The quantitative estimate of drug-likeness (QED) is 0.425. The fraction of sp³-hybridized carbons (Fsp3) is 0.625. The number of unbranched alkanes of at least 4 members (excludes halogenated alkanes) is 1. The molecule has 112 valence electrons. The molecule has 4 heteroatoms. The zero-order chi connectivity index (χ0) is 15.6. The minimum absolute atomic E-state index is 0.166. The van der Waals surface area contributed by atoms with E-state index in [1.54, 1.807) is 19.1 Å². The van der Waals surface area contributed by atoms with E-state index in [0.29, 0.717) is 6.42 Å². The second-order valence-electron chi connectivity index (χ2n) is 5.07. The molecule has 0 radical (unpaired) electrons. The fourth-order valence-electron chi connectivity index (χ4n) is 1.64. The lowest BCUT2D eigenvalue weighted by molar-refractivity contribution is -0.124. The molecule has 0 aliphatic heterocycles. The molecule has 0 heterocycles. The first-order valence-corrected chi connectivity index (χ1v) is 6.93. The second-order valence-corrected chi connectivity index (χ2v) is 5.07.